The van der Waals surface area contributed by atoms with Gasteiger partial charge >= 0.3 is 0 Å². The Bertz CT molecular complexity index is 64.9. The maximum Gasteiger partial charge on any atom is 0.0483 e. The summed E-state index contributed by atoms with van der Waals surface area (Å²) in [6.45, 7) is 0.308. The average molecular weight is 116 g/mol. The van der Waals surface area contributed by atoms with Crippen molar-refractivity contribution in [3.05, 3.63) is 0 Å². The predicted molar refractivity (Wildman–Crippen MR) is 30.4 cm³/mol. The van der Waals surface area contributed by atoms with Crippen LogP contribution in [0.5, 0.6) is 0 Å². The predicted octanol–water partition coefficient (Wildman–Crippen LogP) is -0.00280. The molecule has 1 aliphatic carbocycles. The molecule has 1 saturated carbocycles. The molecule has 1 aliphatic rings. The number of hydrogen-bond acceptors (Lipinski definition) is 2. The molecule has 0 unspecified atom stereocenters. The third-order valence-corrected chi connectivity index (χ3v) is 1.76. The summed E-state index contributed by atoms with van der Waals surface area (Å²) < 4.78 is 0. The minimum Gasteiger partial charge on any atom is -0.396 e. The lowest BCUT2D eigenvalue weighted by Crippen LogP contribution is -2.12. The number of rotatable bonds is 3. The molecule has 0 aromatic rings. The van der Waals surface area contributed by atoms with E-state index in [0.29, 0.717) is 5.92 Å². The summed E-state index contributed by atoms with van der Waals surface area (Å²) in [7, 11) is 0. The van der Waals surface area contributed by atoms with E-state index in [-0.39, 0.29) is 19.1 Å². The minimum absolute atomic E-state index is 0.154. The Hall–Kier alpha value is -0.0800. The van der Waals surface area contributed by atoms with Crippen molar-refractivity contribution < 1.29 is 10.2 Å². The molecule has 0 spiro atoms. The van der Waals surface area contributed by atoms with Crippen LogP contribution in [0.3, 0.4) is 0 Å². The smallest absolute Gasteiger partial charge is 0.0483 e. The van der Waals surface area contributed by atoms with Gasteiger partial charge in [0, 0.05) is 19.1 Å². The third-order valence-electron chi connectivity index (χ3n) is 1.76. The molecule has 0 atom stereocenters. The van der Waals surface area contributed by atoms with Crippen LogP contribution in [0.1, 0.15) is 12.8 Å². The molecule has 1 fully saturated rings. The fourth-order valence-corrected chi connectivity index (χ4v) is 0.924. The Morgan fingerprint density at radius 1 is 1.25 bits per heavy atom. The molecule has 48 valence electrons. The van der Waals surface area contributed by atoms with E-state index in [9.17, 15) is 0 Å². The Morgan fingerprint density at radius 2 is 1.75 bits per heavy atom. The Balaban J connectivity index is 2.15. The van der Waals surface area contributed by atoms with Crippen LogP contribution in [0.15, 0.2) is 0 Å². The van der Waals surface area contributed by atoms with E-state index in [1.165, 1.54) is 12.8 Å². The largest absolute Gasteiger partial charge is 0.396 e. The Labute approximate surface area is 49.1 Å². The van der Waals surface area contributed by atoms with Gasteiger partial charge in [-0.15, -0.1) is 0 Å². The fourth-order valence-electron chi connectivity index (χ4n) is 0.924. The minimum atomic E-state index is 0.154. The molecule has 0 aromatic carbocycles. The summed E-state index contributed by atoms with van der Waals surface area (Å²) in [5.74, 6) is 0.806. The zero-order chi connectivity index (χ0) is 5.98. The van der Waals surface area contributed by atoms with Gasteiger partial charge in [0.1, 0.15) is 0 Å². The van der Waals surface area contributed by atoms with Crippen molar-refractivity contribution in [2.45, 2.75) is 12.8 Å². The first-order chi connectivity index (χ1) is 3.88. The monoisotopic (exact) mass is 116 g/mol. The zero-order valence-electron chi connectivity index (χ0n) is 4.88. The molecule has 0 aromatic heterocycles. The van der Waals surface area contributed by atoms with Gasteiger partial charge in [-0.05, 0) is 18.8 Å². The molecule has 0 heterocycles. The second-order valence-electron chi connectivity index (χ2n) is 2.46. The molecule has 8 heavy (non-hydrogen) atoms. The van der Waals surface area contributed by atoms with Crippen molar-refractivity contribution in [2.75, 3.05) is 13.2 Å². The molecular weight excluding hydrogens is 104 g/mol. The van der Waals surface area contributed by atoms with Crippen LogP contribution in [0.4, 0.5) is 0 Å². The highest BCUT2D eigenvalue weighted by molar-refractivity contribution is 4.79. The van der Waals surface area contributed by atoms with Gasteiger partial charge in [-0.2, -0.15) is 0 Å². The summed E-state index contributed by atoms with van der Waals surface area (Å²) in [5.41, 5.74) is 0. The van der Waals surface area contributed by atoms with Gasteiger partial charge < -0.3 is 10.2 Å². The van der Waals surface area contributed by atoms with Crippen LogP contribution < -0.4 is 0 Å². The van der Waals surface area contributed by atoms with Crippen molar-refractivity contribution in [3.63, 3.8) is 0 Å². The van der Waals surface area contributed by atoms with E-state index in [2.05, 4.69) is 0 Å². The van der Waals surface area contributed by atoms with Gasteiger partial charge in [-0.1, -0.05) is 0 Å². The van der Waals surface area contributed by atoms with Crippen LogP contribution >= 0.6 is 0 Å². The van der Waals surface area contributed by atoms with Crippen LogP contribution in [-0.4, -0.2) is 23.4 Å². The van der Waals surface area contributed by atoms with Crippen LogP contribution in [0.2, 0.25) is 0 Å². The van der Waals surface area contributed by atoms with Gasteiger partial charge in [-0.3, -0.25) is 0 Å². The van der Waals surface area contributed by atoms with Crippen LogP contribution in [-0.2, 0) is 0 Å². The van der Waals surface area contributed by atoms with Crippen molar-refractivity contribution in [1.82, 2.24) is 0 Å². The quantitative estimate of drug-likeness (QED) is 0.544. The first-order valence-corrected chi connectivity index (χ1v) is 3.10. The Kier molecular flexibility index (Phi) is 1.86. The second-order valence-corrected chi connectivity index (χ2v) is 2.46. The molecule has 0 radical (unpaired) electrons. The number of aliphatic hydroxyl groups excluding tert-OH is 2. The molecule has 0 saturated heterocycles. The normalized spacial score (nSPS) is 19.9. The SMILES string of the molecule is OCC(CO)C1CC1. The van der Waals surface area contributed by atoms with Crippen LogP contribution in [0, 0.1) is 11.8 Å². The number of aliphatic hydroxyl groups is 2. The molecule has 1 rings (SSSR count). The molecular formula is C6H12O2. The van der Waals surface area contributed by atoms with Gasteiger partial charge in [0.25, 0.3) is 0 Å². The number of hydrogen-bond donors (Lipinski definition) is 2. The van der Waals surface area contributed by atoms with Crippen molar-refractivity contribution in [2.24, 2.45) is 11.8 Å². The molecule has 0 bridgehead atoms. The molecule has 0 amide bonds. The van der Waals surface area contributed by atoms with E-state index in [0.717, 1.165) is 0 Å². The van der Waals surface area contributed by atoms with Gasteiger partial charge in [0.15, 0.2) is 0 Å². The van der Waals surface area contributed by atoms with Crippen molar-refractivity contribution in [3.8, 4) is 0 Å². The molecule has 2 heteroatoms. The van der Waals surface area contributed by atoms with Gasteiger partial charge in [0.05, 0.1) is 0 Å². The van der Waals surface area contributed by atoms with Crippen molar-refractivity contribution >= 4 is 0 Å². The third kappa shape index (κ3) is 1.20. The van der Waals surface area contributed by atoms with E-state index >= 15 is 0 Å². The lowest BCUT2D eigenvalue weighted by molar-refractivity contribution is 0.135. The van der Waals surface area contributed by atoms with Gasteiger partial charge in [-0.25, -0.2) is 0 Å². The van der Waals surface area contributed by atoms with E-state index in [1.807, 2.05) is 0 Å². The summed E-state index contributed by atoms with van der Waals surface area (Å²) in [6, 6.07) is 0. The Morgan fingerprint density at radius 3 is 1.88 bits per heavy atom. The van der Waals surface area contributed by atoms with E-state index in [4.69, 9.17) is 10.2 Å². The summed E-state index contributed by atoms with van der Waals surface area (Å²) in [5, 5.41) is 17.2. The molecule has 0 aliphatic heterocycles. The summed E-state index contributed by atoms with van der Waals surface area (Å²) in [4.78, 5) is 0. The van der Waals surface area contributed by atoms with Crippen LogP contribution in [0.25, 0.3) is 0 Å². The summed E-state index contributed by atoms with van der Waals surface area (Å²) >= 11 is 0. The molecule has 2 N–H and O–H groups in total. The average Bonchev–Trinajstić information content (AvgIpc) is 2.53. The highest BCUT2D eigenvalue weighted by Gasteiger charge is 2.29. The lowest BCUT2D eigenvalue weighted by Gasteiger charge is -2.06. The maximum atomic E-state index is 8.58. The highest BCUT2D eigenvalue weighted by Crippen LogP contribution is 2.35. The zero-order valence-corrected chi connectivity index (χ0v) is 4.88. The fraction of sp³-hybridized carbons (Fsp3) is 1.00. The van der Waals surface area contributed by atoms with Crippen molar-refractivity contribution in [1.29, 1.82) is 0 Å². The first kappa shape index (κ1) is 6.05. The molecule has 2 nitrogen and oxygen atoms in total. The van der Waals surface area contributed by atoms with Gasteiger partial charge in [0.2, 0.25) is 0 Å². The van der Waals surface area contributed by atoms with E-state index in [1.54, 1.807) is 0 Å². The first-order valence-electron chi connectivity index (χ1n) is 3.10. The standard InChI is InChI=1S/C6H12O2/c7-3-6(4-8)5-1-2-5/h5-8H,1-4H2. The van der Waals surface area contributed by atoms with E-state index < -0.39 is 0 Å². The maximum absolute atomic E-state index is 8.58. The lowest BCUT2D eigenvalue weighted by atomic mass is 10.1. The second kappa shape index (κ2) is 2.46. The topological polar surface area (TPSA) is 40.5 Å². The highest BCUT2D eigenvalue weighted by atomic mass is 16.3. The summed E-state index contributed by atoms with van der Waals surface area (Å²) in [6.07, 6.45) is 2.40.